The fraction of sp³-hybridized carbons (Fsp3) is 0. The van der Waals surface area contributed by atoms with Crippen LogP contribution in [0.5, 0.6) is 0 Å². The van der Waals surface area contributed by atoms with E-state index in [9.17, 15) is 0 Å². The summed E-state index contributed by atoms with van der Waals surface area (Å²) in [6, 6.07) is 16.8. The number of hydrogen-bond acceptors (Lipinski definition) is 3. The summed E-state index contributed by atoms with van der Waals surface area (Å²) in [5.74, 6) is 0. The predicted octanol–water partition coefficient (Wildman–Crippen LogP) is 3.75. The van der Waals surface area contributed by atoms with Crippen molar-refractivity contribution in [2.75, 3.05) is 5.32 Å². The van der Waals surface area contributed by atoms with Gasteiger partial charge in [0.15, 0.2) is 0 Å². The van der Waals surface area contributed by atoms with Crippen LogP contribution in [0.25, 0.3) is 0 Å². The van der Waals surface area contributed by atoms with Crippen molar-refractivity contribution in [2.45, 2.75) is 9.79 Å². The predicted molar refractivity (Wildman–Crippen MR) is 71.5 cm³/mol. The molecule has 0 amide bonds. The monoisotopic (exact) mass is 265 g/mol. The van der Waals surface area contributed by atoms with Gasteiger partial charge >= 0.3 is 0 Å². The molecule has 0 aromatic heterocycles. The second-order valence-electron chi connectivity index (χ2n) is 3.32. The Morgan fingerprint density at radius 1 is 0.944 bits per heavy atom. The van der Waals surface area contributed by atoms with E-state index < -0.39 is 0 Å². The van der Waals surface area contributed by atoms with Gasteiger partial charge in [-0.05, 0) is 24.3 Å². The quantitative estimate of drug-likeness (QED) is 0.608. The Kier molecular flexibility index (Phi) is 5.20. The molecule has 0 radical (unpaired) electrons. The summed E-state index contributed by atoms with van der Waals surface area (Å²) in [5, 5.41) is 10.3. The molecule has 0 saturated carbocycles. The number of hydrogen-bond donors (Lipinski definition) is 2. The standard InChI is InChI=1S/C12H9NS.CH2O2.FH/c1-3-7-11-9(5-1)13-10-6-2-4-8-12(10)14-11;2-1-3;/h1-8,13H;1H,(H,2,3);1H. The third-order valence-electron chi connectivity index (χ3n) is 2.26. The first-order valence-corrected chi connectivity index (χ1v) is 5.87. The fourth-order valence-corrected chi connectivity index (χ4v) is 2.57. The maximum absolute atomic E-state index is 8.36. The molecular weight excluding hydrogens is 253 g/mol. The highest BCUT2D eigenvalue weighted by Crippen LogP contribution is 2.43. The van der Waals surface area contributed by atoms with E-state index in [2.05, 4.69) is 53.8 Å². The van der Waals surface area contributed by atoms with Crippen LogP contribution in [-0.4, -0.2) is 11.6 Å². The minimum atomic E-state index is -0.250. The first-order chi connectivity index (χ1) is 8.35. The summed E-state index contributed by atoms with van der Waals surface area (Å²) in [6.07, 6.45) is 0. The number of rotatable bonds is 0. The minimum Gasteiger partial charge on any atom is -0.483 e. The molecule has 94 valence electrons. The Morgan fingerprint density at radius 2 is 1.33 bits per heavy atom. The van der Waals surface area contributed by atoms with Crippen LogP contribution in [0, 0.1) is 0 Å². The van der Waals surface area contributed by atoms with Gasteiger partial charge in [-0.25, -0.2) is 0 Å². The summed E-state index contributed by atoms with van der Waals surface area (Å²) < 4.78 is 0. The molecule has 0 atom stereocenters. The van der Waals surface area contributed by atoms with Gasteiger partial charge in [-0.3, -0.25) is 9.50 Å². The van der Waals surface area contributed by atoms with Crippen LogP contribution >= 0.6 is 11.8 Å². The first-order valence-electron chi connectivity index (χ1n) is 5.06. The van der Waals surface area contributed by atoms with E-state index in [4.69, 9.17) is 9.90 Å². The van der Waals surface area contributed by atoms with E-state index in [1.54, 1.807) is 0 Å². The second kappa shape index (κ2) is 6.66. The topological polar surface area (TPSA) is 49.3 Å². The highest BCUT2D eigenvalue weighted by Gasteiger charge is 2.13. The number of carbonyl (C=O) groups is 1. The van der Waals surface area contributed by atoms with Crippen LogP contribution in [0.1, 0.15) is 0 Å². The smallest absolute Gasteiger partial charge is 0.290 e. The number of benzene rings is 2. The molecule has 0 saturated heterocycles. The highest BCUT2D eigenvalue weighted by molar-refractivity contribution is 7.99. The van der Waals surface area contributed by atoms with Gasteiger partial charge in [0.05, 0.1) is 11.4 Å². The van der Waals surface area contributed by atoms with Crippen LogP contribution in [-0.2, 0) is 4.79 Å². The van der Waals surface area contributed by atoms with E-state index in [0.717, 1.165) is 0 Å². The van der Waals surface area contributed by atoms with Gasteiger partial charge in [0, 0.05) is 9.79 Å². The molecule has 2 N–H and O–H groups in total. The zero-order valence-corrected chi connectivity index (χ0v) is 10.2. The van der Waals surface area contributed by atoms with Crippen molar-refractivity contribution in [2.24, 2.45) is 0 Å². The van der Waals surface area contributed by atoms with Crippen molar-refractivity contribution in [1.29, 1.82) is 0 Å². The summed E-state index contributed by atoms with van der Waals surface area (Å²) in [7, 11) is 0. The Bertz CT molecular complexity index is 446. The molecule has 5 heteroatoms. The van der Waals surface area contributed by atoms with Gasteiger partial charge < -0.3 is 10.4 Å². The molecule has 0 bridgehead atoms. The first kappa shape index (κ1) is 14.1. The fourth-order valence-electron chi connectivity index (χ4n) is 1.58. The lowest BCUT2D eigenvalue weighted by atomic mass is 10.2. The van der Waals surface area contributed by atoms with Crippen molar-refractivity contribution in [3.05, 3.63) is 48.5 Å². The Labute approximate surface area is 108 Å². The summed E-state index contributed by atoms with van der Waals surface area (Å²) >= 11 is 1.82. The normalized spacial score (nSPS) is 10.4. The van der Waals surface area contributed by atoms with Crippen molar-refractivity contribution < 1.29 is 14.6 Å². The molecule has 2 aromatic rings. The van der Waals surface area contributed by atoms with E-state index in [1.165, 1.54) is 21.2 Å². The maximum Gasteiger partial charge on any atom is 0.290 e. The van der Waals surface area contributed by atoms with Crippen LogP contribution in [0.2, 0.25) is 0 Å². The van der Waals surface area contributed by atoms with Gasteiger partial charge in [0.2, 0.25) is 0 Å². The van der Waals surface area contributed by atoms with Gasteiger partial charge in [0.1, 0.15) is 0 Å². The van der Waals surface area contributed by atoms with Crippen molar-refractivity contribution in [1.82, 2.24) is 0 Å². The van der Waals surface area contributed by atoms with Crippen molar-refractivity contribution in [3.63, 3.8) is 0 Å². The minimum absolute atomic E-state index is 0. The number of para-hydroxylation sites is 2. The Balaban J connectivity index is 0.000000372. The van der Waals surface area contributed by atoms with E-state index in [0.29, 0.717) is 0 Å². The molecule has 3 rings (SSSR count). The van der Waals surface area contributed by atoms with Crippen LogP contribution in [0.4, 0.5) is 16.1 Å². The zero-order chi connectivity index (χ0) is 12.1. The SMILES string of the molecule is F.O=CO.c1ccc2c(c1)Nc1ccccc1S2. The summed E-state index contributed by atoms with van der Waals surface area (Å²) in [6.45, 7) is -0.250. The molecule has 0 unspecified atom stereocenters. The van der Waals surface area contributed by atoms with Gasteiger partial charge in [-0.1, -0.05) is 36.0 Å². The third kappa shape index (κ3) is 3.01. The molecule has 0 fully saturated rings. The molecule has 1 aliphatic heterocycles. The van der Waals surface area contributed by atoms with Crippen LogP contribution in [0.3, 0.4) is 0 Å². The van der Waals surface area contributed by atoms with E-state index in [-0.39, 0.29) is 11.2 Å². The zero-order valence-electron chi connectivity index (χ0n) is 9.37. The summed E-state index contributed by atoms with van der Waals surface area (Å²) in [5.41, 5.74) is 2.41. The second-order valence-corrected chi connectivity index (χ2v) is 4.41. The molecule has 0 aliphatic carbocycles. The molecule has 3 nitrogen and oxygen atoms in total. The Hall–Kier alpha value is -2.01. The van der Waals surface area contributed by atoms with Crippen LogP contribution in [0.15, 0.2) is 58.3 Å². The lowest BCUT2D eigenvalue weighted by molar-refractivity contribution is -0.122. The van der Waals surface area contributed by atoms with Gasteiger partial charge in [-0.15, -0.1) is 0 Å². The lowest BCUT2D eigenvalue weighted by Crippen LogP contribution is -1.98. The molecule has 0 spiro atoms. The van der Waals surface area contributed by atoms with Gasteiger partial charge in [-0.2, -0.15) is 0 Å². The van der Waals surface area contributed by atoms with Crippen molar-refractivity contribution >= 4 is 29.6 Å². The maximum atomic E-state index is 8.36. The highest BCUT2D eigenvalue weighted by atomic mass is 32.2. The lowest BCUT2D eigenvalue weighted by Gasteiger charge is -2.19. The Morgan fingerprint density at radius 3 is 1.78 bits per heavy atom. The number of anilines is 2. The summed E-state index contributed by atoms with van der Waals surface area (Å²) in [4.78, 5) is 11.0. The number of fused-ring (bicyclic) bond motifs is 2. The third-order valence-corrected chi connectivity index (χ3v) is 3.42. The average molecular weight is 265 g/mol. The molecule has 18 heavy (non-hydrogen) atoms. The molecule has 1 heterocycles. The van der Waals surface area contributed by atoms with E-state index >= 15 is 0 Å². The number of halogens is 1. The van der Waals surface area contributed by atoms with Crippen molar-refractivity contribution in [3.8, 4) is 0 Å². The van der Waals surface area contributed by atoms with E-state index in [1.807, 2.05) is 11.8 Å². The molecule has 1 aliphatic rings. The number of nitrogens with one attached hydrogen (secondary N) is 1. The van der Waals surface area contributed by atoms with Gasteiger partial charge in [0.25, 0.3) is 6.47 Å². The van der Waals surface area contributed by atoms with Crippen LogP contribution < -0.4 is 5.32 Å². The largest absolute Gasteiger partial charge is 0.483 e. The molecule has 2 aromatic carbocycles. The molecular formula is C13H12FNO2S. The average Bonchev–Trinajstić information content (AvgIpc) is 2.37. The number of carboxylic acid groups (broad SMARTS) is 1.